The lowest BCUT2D eigenvalue weighted by Crippen LogP contribution is -2.35. The monoisotopic (exact) mass is 458 g/mol. The van der Waals surface area contributed by atoms with Crippen molar-refractivity contribution < 1.29 is 17.7 Å². The van der Waals surface area contributed by atoms with Crippen LogP contribution >= 0.6 is 11.3 Å². The highest BCUT2D eigenvalue weighted by molar-refractivity contribution is 7.18. The van der Waals surface area contributed by atoms with E-state index in [4.69, 9.17) is 9.51 Å². The van der Waals surface area contributed by atoms with E-state index in [1.807, 2.05) is 25.1 Å². The van der Waals surface area contributed by atoms with Crippen LogP contribution in [0.2, 0.25) is 0 Å². The molecule has 1 fully saturated rings. The molecule has 2 aromatic heterocycles. The van der Waals surface area contributed by atoms with Gasteiger partial charge in [-0.05, 0) is 57.1 Å². The van der Waals surface area contributed by atoms with Crippen molar-refractivity contribution in [2.24, 2.45) is 0 Å². The number of piperidine rings is 1. The first-order valence-electron chi connectivity index (χ1n) is 10.5. The van der Waals surface area contributed by atoms with E-state index in [1.165, 1.54) is 15.8 Å². The SMILES string of the molecule is C[C@@H](c1nc(-c2cccc(C(F)(F)F)c2)no1)N1CCC(c2nc3ccccc3s2)CC1. The van der Waals surface area contributed by atoms with Gasteiger partial charge in [0.25, 0.3) is 0 Å². The third kappa shape index (κ3) is 4.14. The molecule has 0 aliphatic carbocycles. The van der Waals surface area contributed by atoms with Gasteiger partial charge in [-0.3, -0.25) is 4.90 Å². The number of fused-ring (bicyclic) bond motifs is 1. The van der Waals surface area contributed by atoms with E-state index in [0.29, 0.717) is 11.8 Å². The van der Waals surface area contributed by atoms with E-state index in [0.717, 1.165) is 43.6 Å². The van der Waals surface area contributed by atoms with Gasteiger partial charge >= 0.3 is 6.18 Å². The third-order valence-corrected chi connectivity index (χ3v) is 7.18. The second kappa shape index (κ2) is 8.29. The molecule has 0 N–H and O–H groups in total. The van der Waals surface area contributed by atoms with Gasteiger partial charge in [0.05, 0.1) is 26.8 Å². The van der Waals surface area contributed by atoms with Crippen LogP contribution in [0.5, 0.6) is 0 Å². The number of hydrogen-bond donors (Lipinski definition) is 0. The molecule has 0 radical (unpaired) electrons. The number of likely N-dealkylation sites (tertiary alicyclic amines) is 1. The number of aromatic nitrogens is 3. The zero-order valence-corrected chi connectivity index (χ0v) is 18.2. The summed E-state index contributed by atoms with van der Waals surface area (Å²) in [6, 6.07) is 13.1. The van der Waals surface area contributed by atoms with Crippen LogP contribution in [0, 0.1) is 0 Å². The van der Waals surface area contributed by atoms with Gasteiger partial charge in [0.2, 0.25) is 11.7 Å². The smallest absolute Gasteiger partial charge is 0.337 e. The van der Waals surface area contributed by atoms with Crippen LogP contribution in [0.1, 0.15) is 48.2 Å². The van der Waals surface area contributed by atoms with Crippen molar-refractivity contribution in [2.45, 2.75) is 37.9 Å². The molecule has 1 aliphatic heterocycles. The second-order valence-corrected chi connectivity index (χ2v) is 9.10. The number of rotatable bonds is 4. The molecule has 2 aromatic carbocycles. The number of alkyl halides is 3. The van der Waals surface area contributed by atoms with Crippen molar-refractivity contribution in [2.75, 3.05) is 13.1 Å². The van der Waals surface area contributed by atoms with Crippen molar-refractivity contribution >= 4 is 21.6 Å². The molecular formula is C23H21F3N4OS. The number of halogens is 3. The quantitative estimate of drug-likeness (QED) is 0.359. The van der Waals surface area contributed by atoms with Gasteiger partial charge in [0.1, 0.15) is 0 Å². The van der Waals surface area contributed by atoms with Crippen LogP contribution < -0.4 is 0 Å². The van der Waals surface area contributed by atoms with Crippen LogP contribution in [0.15, 0.2) is 53.1 Å². The van der Waals surface area contributed by atoms with Gasteiger partial charge in [-0.1, -0.05) is 29.4 Å². The standard InChI is InChI=1S/C23H21F3N4OS/c1-14(21-28-20(29-31-21)16-5-4-6-17(13-16)23(24,25)26)30-11-9-15(10-12-30)22-27-18-7-2-3-8-19(18)32-22/h2-8,13-15H,9-12H2,1H3/t14-/m0/s1. The van der Waals surface area contributed by atoms with Crippen molar-refractivity contribution in [3.63, 3.8) is 0 Å². The number of nitrogens with zero attached hydrogens (tertiary/aromatic N) is 4. The van der Waals surface area contributed by atoms with E-state index in [9.17, 15) is 13.2 Å². The molecule has 4 aromatic rings. The Kier molecular flexibility index (Phi) is 5.46. The average molecular weight is 459 g/mol. The van der Waals surface area contributed by atoms with E-state index < -0.39 is 11.7 Å². The highest BCUT2D eigenvalue weighted by Gasteiger charge is 2.32. The number of hydrogen-bond acceptors (Lipinski definition) is 6. The topological polar surface area (TPSA) is 55.1 Å². The van der Waals surface area contributed by atoms with Gasteiger partial charge in [-0.2, -0.15) is 18.2 Å². The van der Waals surface area contributed by atoms with Crippen LogP contribution in [0.4, 0.5) is 13.2 Å². The molecule has 1 atom stereocenters. The summed E-state index contributed by atoms with van der Waals surface area (Å²) in [7, 11) is 0. The maximum atomic E-state index is 13.0. The third-order valence-electron chi connectivity index (χ3n) is 5.98. The second-order valence-electron chi connectivity index (χ2n) is 8.04. The van der Waals surface area contributed by atoms with Crippen molar-refractivity contribution in [3.8, 4) is 11.4 Å². The molecule has 166 valence electrons. The zero-order chi connectivity index (χ0) is 22.3. The zero-order valence-electron chi connectivity index (χ0n) is 17.3. The molecule has 0 amide bonds. The summed E-state index contributed by atoms with van der Waals surface area (Å²) in [5.41, 5.74) is 0.610. The summed E-state index contributed by atoms with van der Waals surface area (Å²) in [5, 5.41) is 5.11. The fraction of sp³-hybridized carbons (Fsp3) is 0.348. The Morgan fingerprint density at radius 2 is 1.84 bits per heavy atom. The van der Waals surface area contributed by atoms with Crippen molar-refractivity contribution in [1.82, 2.24) is 20.0 Å². The lowest BCUT2D eigenvalue weighted by molar-refractivity contribution is -0.137. The Bertz CT molecular complexity index is 1190. The summed E-state index contributed by atoms with van der Waals surface area (Å²) in [4.78, 5) is 11.5. The van der Waals surface area contributed by atoms with Gasteiger partial charge < -0.3 is 4.52 Å². The van der Waals surface area contributed by atoms with Gasteiger partial charge in [-0.15, -0.1) is 11.3 Å². The normalized spacial score (nSPS) is 17.1. The summed E-state index contributed by atoms with van der Waals surface area (Å²) < 4.78 is 45.6. The highest BCUT2D eigenvalue weighted by atomic mass is 32.1. The number of para-hydroxylation sites is 1. The van der Waals surface area contributed by atoms with E-state index in [1.54, 1.807) is 17.4 Å². The minimum atomic E-state index is -4.41. The molecule has 1 aliphatic rings. The van der Waals surface area contributed by atoms with Crippen LogP contribution in [0.3, 0.4) is 0 Å². The van der Waals surface area contributed by atoms with Crippen LogP contribution in [-0.2, 0) is 6.18 Å². The van der Waals surface area contributed by atoms with Gasteiger partial charge in [0, 0.05) is 11.5 Å². The van der Waals surface area contributed by atoms with Crippen LogP contribution in [-0.4, -0.2) is 33.1 Å². The average Bonchev–Trinajstić information content (AvgIpc) is 3.46. The Balaban J connectivity index is 1.26. The van der Waals surface area contributed by atoms with E-state index in [-0.39, 0.29) is 17.4 Å². The molecule has 5 nitrogen and oxygen atoms in total. The molecule has 0 bridgehead atoms. The molecule has 0 saturated carbocycles. The molecule has 32 heavy (non-hydrogen) atoms. The van der Waals surface area contributed by atoms with Gasteiger partial charge in [0.15, 0.2) is 0 Å². The Morgan fingerprint density at radius 1 is 1.06 bits per heavy atom. The fourth-order valence-corrected chi connectivity index (χ4v) is 5.25. The molecule has 3 heterocycles. The number of benzene rings is 2. The Morgan fingerprint density at radius 3 is 2.59 bits per heavy atom. The molecule has 0 unspecified atom stereocenters. The first-order valence-corrected chi connectivity index (χ1v) is 11.3. The first-order chi connectivity index (χ1) is 15.4. The van der Waals surface area contributed by atoms with Gasteiger partial charge in [-0.25, -0.2) is 4.98 Å². The minimum absolute atomic E-state index is 0.113. The van der Waals surface area contributed by atoms with Crippen LogP contribution in [0.25, 0.3) is 21.6 Å². The Hall–Kier alpha value is -2.78. The summed E-state index contributed by atoms with van der Waals surface area (Å²) >= 11 is 1.76. The highest BCUT2D eigenvalue weighted by Crippen LogP contribution is 2.36. The summed E-state index contributed by atoms with van der Waals surface area (Å²) in [6.07, 6.45) is -2.44. The first kappa shape index (κ1) is 21.1. The molecule has 5 rings (SSSR count). The molecular weight excluding hydrogens is 437 g/mol. The summed E-state index contributed by atoms with van der Waals surface area (Å²) in [5.74, 6) is 1.01. The predicted octanol–water partition coefficient (Wildman–Crippen LogP) is 6.31. The van der Waals surface area contributed by atoms with Crippen molar-refractivity contribution in [3.05, 3.63) is 65.0 Å². The van der Waals surface area contributed by atoms with Crippen molar-refractivity contribution in [1.29, 1.82) is 0 Å². The maximum absolute atomic E-state index is 13.0. The lowest BCUT2D eigenvalue weighted by atomic mass is 9.96. The largest absolute Gasteiger partial charge is 0.416 e. The number of thiazole rings is 1. The predicted molar refractivity (Wildman–Crippen MR) is 116 cm³/mol. The fourth-order valence-electron chi connectivity index (χ4n) is 4.11. The molecule has 9 heteroatoms. The lowest BCUT2D eigenvalue weighted by Gasteiger charge is -2.33. The maximum Gasteiger partial charge on any atom is 0.416 e. The van der Waals surface area contributed by atoms with E-state index in [2.05, 4.69) is 21.1 Å². The molecule has 0 spiro atoms. The van der Waals surface area contributed by atoms with E-state index >= 15 is 0 Å². The minimum Gasteiger partial charge on any atom is -0.337 e. The summed E-state index contributed by atoms with van der Waals surface area (Å²) in [6.45, 7) is 3.72. The Labute approximate surface area is 186 Å². The molecule has 1 saturated heterocycles.